The predicted molar refractivity (Wildman–Crippen MR) is 210 cm³/mol. The Balaban J connectivity index is 1.60. The topological polar surface area (TPSA) is 75.6 Å². The van der Waals surface area contributed by atoms with E-state index in [1.54, 1.807) is 7.11 Å². The van der Waals surface area contributed by atoms with Gasteiger partial charge in [-0.25, -0.2) is 0 Å². The molecule has 0 saturated heterocycles. The molecule has 0 radical (unpaired) electrons. The zero-order valence-corrected chi connectivity index (χ0v) is 33.0. The first-order valence-corrected chi connectivity index (χ1v) is 21.4. The number of hydrogen-bond acceptors (Lipinski definition) is 7. The Morgan fingerprint density at radius 2 is 0.923 bits per heavy atom. The van der Waals surface area contributed by atoms with Crippen LogP contribution in [0.15, 0.2) is 121 Å². The summed E-state index contributed by atoms with van der Waals surface area (Å²) in [5.74, 6) is 0. The summed E-state index contributed by atoms with van der Waals surface area (Å²) >= 11 is 0. The van der Waals surface area contributed by atoms with E-state index < -0.39 is 20.5 Å². The zero-order valence-electron chi connectivity index (χ0n) is 32.0. The fourth-order valence-electron chi connectivity index (χ4n) is 5.77. The lowest BCUT2D eigenvalue weighted by Crippen LogP contribution is -2.48. The number of ether oxygens (including phenoxy) is 5. The van der Waals surface area contributed by atoms with Gasteiger partial charge in [0.2, 0.25) is 0 Å². The Morgan fingerprint density at radius 1 is 0.538 bits per heavy atom. The van der Waals surface area contributed by atoms with Crippen LogP contribution in [-0.4, -0.2) is 64.3 Å². The van der Waals surface area contributed by atoms with E-state index in [4.69, 9.17) is 28.1 Å². The van der Waals surface area contributed by atoms with E-state index in [1.807, 2.05) is 97.1 Å². The zero-order chi connectivity index (χ0) is 37.2. The van der Waals surface area contributed by atoms with Crippen LogP contribution in [0.5, 0.6) is 0 Å². The molecule has 0 aliphatic rings. The maximum absolute atomic E-state index is 10.7. The highest BCUT2D eigenvalue weighted by Crippen LogP contribution is 2.39. The fraction of sp³-hybridized carbons (Fsp3) is 0.455. The molecule has 1 N–H and O–H groups in total. The lowest BCUT2D eigenvalue weighted by molar-refractivity contribution is -0.129. The average molecular weight is 729 g/mol. The number of benzene rings is 4. The molecule has 0 unspecified atom stereocenters. The van der Waals surface area contributed by atoms with E-state index >= 15 is 0 Å². The number of methoxy groups -OCH3 is 1. The summed E-state index contributed by atoms with van der Waals surface area (Å²) in [7, 11) is -0.550. The summed E-state index contributed by atoms with van der Waals surface area (Å²) in [5.41, 5.74) is 4.26. The van der Waals surface area contributed by atoms with Crippen molar-refractivity contribution in [3.8, 4) is 0 Å². The molecule has 4 rings (SSSR count). The van der Waals surface area contributed by atoms with Gasteiger partial charge in [0.15, 0.2) is 8.32 Å². The second kappa shape index (κ2) is 21.5. The molecule has 0 bridgehead atoms. The molecule has 282 valence electrons. The molecule has 7 nitrogen and oxygen atoms in total. The molecule has 0 fully saturated rings. The largest absolute Gasteiger partial charge is 0.414 e. The third-order valence-electron chi connectivity index (χ3n) is 9.88. The van der Waals surface area contributed by atoms with Crippen LogP contribution < -0.4 is 0 Å². The summed E-state index contributed by atoms with van der Waals surface area (Å²) in [5, 5.41) is 10.7. The van der Waals surface area contributed by atoms with Gasteiger partial charge in [-0.05, 0) is 40.4 Å². The summed E-state index contributed by atoms with van der Waals surface area (Å²) in [4.78, 5) is 0. The number of rotatable bonds is 23. The molecule has 4 aromatic carbocycles. The third-order valence-corrected chi connectivity index (χ3v) is 14.4. The standard InChI is InChI=1S/C44H60O7Si/c1-44(2,3)52(5,6)51-39(28-41(48-31-36-21-13-8-14-22-36)42(29-45)49-32-37-23-15-9-16-24-37)27-40(46-4)43(50-33-38-25-17-10-18-26-38)34-47-30-35-19-11-7-12-20-35/h7-26,39-43,45H,27-34H2,1-6H3/t39-,40+,41+,42-,43+/m1/s1. The number of aliphatic hydroxyl groups is 1. The second-order valence-corrected chi connectivity index (χ2v) is 19.7. The average Bonchev–Trinajstić information content (AvgIpc) is 3.15. The van der Waals surface area contributed by atoms with Crippen LogP contribution >= 0.6 is 0 Å². The molecule has 0 heterocycles. The first kappa shape index (κ1) is 41.6. The molecule has 0 aliphatic carbocycles. The van der Waals surface area contributed by atoms with Crippen LogP contribution in [-0.2, 0) is 54.5 Å². The monoisotopic (exact) mass is 728 g/mol. The minimum atomic E-state index is -2.28. The molecule has 0 aliphatic heterocycles. The Bertz CT molecular complexity index is 1500. The van der Waals surface area contributed by atoms with E-state index in [9.17, 15) is 5.11 Å². The summed E-state index contributed by atoms with van der Waals surface area (Å²) in [6.45, 7) is 13.1. The lowest BCUT2D eigenvalue weighted by atomic mass is 9.99. The highest BCUT2D eigenvalue weighted by Gasteiger charge is 2.41. The van der Waals surface area contributed by atoms with Crippen molar-refractivity contribution in [2.45, 2.75) is 109 Å². The van der Waals surface area contributed by atoms with Crippen molar-refractivity contribution in [1.82, 2.24) is 0 Å². The molecule has 5 atom stereocenters. The molecule has 0 spiro atoms. The van der Waals surface area contributed by atoms with Gasteiger partial charge in [0.05, 0.1) is 58.0 Å². The van der Waals surface area contributed by atoms with E-state index in [0.717, 1.165) is 22.3 Å². The van der Waals surface area contributed by atoms with Crippen LogP contribution in [0.25, 0.3) is 0 Å². The van der Waals surface area contributed by atoms with Crippen molar-refractivity contribution < 1.29 is 33.2 Å². The lowest BCUT2D eigenvalue weighted by Gasteiger charge is -2.42. The third kappa shape index (κ3) is 14.0. The van der Waals surface area contributed by atoms with Gasteiger partial charge in [0.25, 0.3) is 0 Å². The maximum Gasteiger partial charge on any atom is 0.192 e. The summed E-state index contributed by atoms with van der Waals surface area (Å²) in [6, 6.07) is 40.4. The Kier molecular flexibility index (Phi) is 17.2. The maximum atomic E-state index is 10.7. The van der Waals surface area contributed by atoms with Gasteiger partial charge in [0, 0.05) is 20.0 Å². The van der Waals surface area contributed by atoms with Crippen LogP contribution in [0.2, 0.25) is 18.1 Å². The molecule has 0 aromatic heterocycles. The first-order valence-electron chi connectivity index (χ1n) is 18.5. The van der Waals surface area contributed by atoms with Crippen molar-refractivity contribution in [1.29, 1.82) is 0 Å². The van der Waals surface area contributed by atoms with Crippen LogP contribution in [0.4, 0.5) is 0 Å². The van der Waals surface area contributed by atoms with Crippen LogP contribution in [0.1, 0.15) is 55.9 Å². The van der Waals surface area contributed by atoms with Crippen molar-refractivity contribution in [3.63, 3.8) is 0 Å². The quantitative estimate of drug-likeness (QED) is 0.0764. The minimum Gasteiger partial charge on any atom is -0.414 e. The Labute approximate surface area is 313 Å². The minimum absolute atomic E-state index is 0.0313. The van der Waals surface area contributed by atoms with Crippen molar-refractivity contribution in [2.75, 3.05) is 20.3 Å². The van der Waals surface area contributed by atoms with Crippen LogP contribution in [0, 0.1) is 0 Å². The Hall–Kier alpha value is -3.18. The smallest absolute Gasteiger partial charge is 0.192 e. The van der Waals surface area contributed by atoms with Gasteiger partial charge in [0.1, 0.15) is 12.2 Å². The van der Waals surface area contributed by atoms with Crippen molar-refractivity contribution in [2.24, 2.45) is 0 Å². The molecule has 0 saturated carbocycles. The van der Waals surface area contributed by atoms with Gasteiger partial charge in [-0.15, -0.1) is 0 Å². The normalized spacial score (nSPS) is 15.1. The highest BCUT2D eigenvalue weighted by atomic mass is 28.4. The van der Waals surface area contributed by atoms with E-state index in [-0.39, 0.29) is 30.0 Å². The number of hydrogen-bond donors (Lipinski definition) is 1. The Morgan fingerprint density at radius 3 is 1.33 bits per heavy atom. The van der Waals surface area contributed by atoms with Gasteiger partial charge in [-0.3, -0.25) is 0 Å². The SMILES string of the molecule is CO[C@@H](C[C@H](C[C@H](OCc1ccccc1)[C@@H](CO)OCc1ccccc1)O[Si](C)(C)C(C)(C)C)[C@H](COCc1ccccc1)OCc1ccccc1. The van der Waals surface area contributed by atoms with Gasteiger partial charge in [-0.1, -0.05) is 142 Å². The van der Waals surface area contributed by atoms with Crippen molar-refractivity contribution >= 4 is 8.32 Å². The second-order valence-electron chi connectivity index (χ2n) is 14.9. The highest BCUT2D eigenvalue weighted by molar-refractivity contribution is 6.74. The summed E-state index contributed by atoms with van der Waals surface area (Å²) in [6.07, 6.45) is -0.992. The van der Waals surface area contributed by atoms with E-state index in [0.29, 0.717) is 45.9 Å². The molecular weight excluding hydrogens is 669 g/mol. The van der Waals surface area contributed by atoms with Gasteiger partial charge in [-0.2, -0.15) is 0 Å². The fourth-order valence-corrected chi connectivity index (χ4v) is 7.15. The molecular formula is C44H60O7Si. The van der Waals surface area contributed by atoms with E-state index in [2.05, 4.69) is 58.1 Å². The van der Waals surface area contributed by atoms with Crippen LogP contribution in [0.3, 0.4) is 0 Å². The predicted octanol–water partition coefficient (Wildman–Crippen LogP) is 9.14. The summed E-state index contributed by atoms with van der Waals surface area (Å²) < 4.78 is 39.4. The first-order chi connectivity index (χ1) is 25.1. The van der Waals surface area contributed by atoms with E-state index in [1.165, 1.54) is 0 Å². The molecule has 52 heavy (non-hydrogen) atoms. The van der Waals surface area contributed by atoms with Crippen molar-refractivity contribution in [3.05, 3.63) is 144 Å². The molecule has 0 amide bonds. The van der Waals surface area contributed by atoms with Gasteiger partial charge >= 0.3 is 0 Å². The number of aliphatic hydroxyl groups excluding tert-OH is 1. The van der Waals surface area contributed by atoms with Gasteiger partial charge < -0.3 is 33.2 Å². The molecule has 4 aromatic rings. The molecule has 8 heteroatoms.